The maximum Gasteiger partial charge on any atom is 0.435 e. The maximum absolute atomic E-state index is 14.3. The van der Waals surface area contributed by atoms with Crippen molar-refractivity contribution >= 4 is 17.5 Å². The third-order valence-corrected chi connectivity index (χ3v) is 6.87. The van der Waals surface area contributed by atoms with Gasteiger partial charge in [-0.25, -0.2) is 9.45 Å². The first kappa shape index (κ1) is 26.6. The van der Waals surface area contributed by atoms with Gasteiger partial charge in [-0.15, -0.1) is 0 Å². The minimum absolute atomic E-state index is 0.0437. The van der Waals surface area contributed by atoms with Crippen LogP contribution in [0.3, 0.4) is 0 Å². The Hall–Kier alpha value is -3.47. The summed E-state index contributed by atoms with van der Waals surface area (Å²) in [5, 5.41) is 4.96. The smallest absolute Gasteiger partial charge is 0.374 e. The zero-order chi connectivity index (χ0) is 27.3. The summed E-state index contributed by atoms with van der Waals surface area (Å²) in [6.45, 7) is 6.59. The monoisotopic (exact) mass is 521 g/mol. The third kappa shape index (κ3) is 4.45. The van der Waals surface area contributed by atoms with Gasteiger partial charge < -0.3 is 9.74 Å². The Morgan fingerprint density at radius 3 is 2.35 bits per heavy atom. The number of amides is 2. The van der Waals surface area contributed by atoms with Gasteiger partial charge in [0, 0.05) is 31.1 Å². The molecular formula is C26H27F4N3O4. The van der Waals surface area contributed by atoms with Crippen molar-refractivity contribution in [2.75, 3.05) is 20.2 Å². The van der Waals surface area contributed by atoms with Crippen LogP contribution in [0.15, 0.2) is 35.5 Å². The largest absolute Gasteiger partial charge is 0.435 e. The summed E-state index contributed by atoms with van der Waals surface area (Å²) < 4.78 is 57.1. The molecule has 0 radical (unpaired) electrons. The number of aryl methyl sites for hydroxylation is 3. The Balaban J connectivity index is 1.60. The lowest BCUT2D eigenvalue weighted by molar-refractivity contribution is -0.275. The quantitative estimate of drug-likeness (QED) is 0.541. The Morgan fingerprint density at radius 2 is 1.81 bits per heavy atom. The zero-order valence-electron chi connectivity index (χ0n) is 21.1. The maximum atomic E-state index is 14.3. The normalized spacial score (nSPS) is 21.8. The second kappa shape index (κ2) is 9.44. The number of hydrogen-bond donors (Lipinski definition) is 0. The number of rotatable bonds is 5. The molecule has 2 unspecified atom stereocenters. The highest BCUT2D eigenvalue weighted by Gasteiger charge is 2.62. The highest BCUT2D eigenvalue weighted by Crippen LogP contribution is 2.49. The van der Waals surface area contributed by atoms with Gasteiger partial charge in [0.05, 0.1) is 5.71 Å². The predicted octanol–water partition coefficient (Wildman–Crippen LogP) is 4.57. The van der Waals surface area contributed by atoms with Crippen molar-refractivity contribution in [3.8, 4) is 0 Å². The topological polar surface area (TPSA) is 71.4 Å². The molecular weight excluding hydrogens is 494 g/mol. The van der Waals surface area contributed by atoms with Crippen LogP contribution in [0.4, 0.5) is 17.6 Å². The first-order valence-electron chi connectivity index (χ1n) is 11.7. The molecule has 2 aromatic carbocycles. The van der Waals surface area contributed by atoms with Crippen LogP contribution in [0.1, 0.15) is 51.5 Å². The summed E-state index contributed by atoms with van der Waals surface area (Å²) in [7, 11) is 1.50. The summed E-state index contributed by atoms with van der Waals surface area (Å²) in [4.78, 5) is 37.2. The summed E-state index contributed by atoms with van der Waals surface area (Å²) in [5.74, 6) is -1.32. The van der Waals surface area contributed by atoms with Crippen LogP contribution in [-0.2, 0) is 20.1 Å². The van der Waals surface area contributed by atoms with Gasteiger partial charge in [-0.1, -0.05) is 11.2 Å². The number of benzene rings is 2. The fourth-order valence-corrected chi connectivity index (χ4v) is 4.64. The molecule has 0 bridgehead atoms. The molecule has 2 amide bonds. The molecule has 37 heavy (non-hydrogen) atoms. The highest BCUT2D eigenvalue weighted by molar-refractivity contribution is 6.04. The molecule has 2 heterocycles. The fraction of sp³-hybridized carbons (Fsp3) is 0.423. The molecule has 1 fully saturated rings. The molecule has 0 aliphatic carbocycles. The molecule has 2 atom stereocenters. The minimum Gasteiger partial charge on any atom is -0.374 e. The summed E-state index contributed by atoms with van der Waals surface area (Å²) >= 11 is 0. The standard InChI is InChI=1S/C26H27F4N3O4/c1-6-33-24(35)21(13-36-33)32(5)23(34)19-8-7-17(9-14(19)2)20-12-25(37-31-20,26(28,29)30)18-10-15(3)22(27)16(4)11-18/h7-11,21H,6,12-13H2,1-5H3. The van der Waals surface area contributed by atoms with E-state index in [0.29, 0.717) is 23.2 Å². The van der Waals surface area contributed by atoms with Gasteiger partial charge in [0.2, 0.25) is 0 Å². The first-order valence-corrected chi connectivity index (χ1v) is 11.7. The van der Waals surface area contributed by atoms with Crippen LogP contribution in [0.2, 0.25) is 0 Å². The van der Waals surface area contributed by atoms with Gasteiger partial charge in [0.1, 0.15) is 18.5 Å². The van der Waals surface area contributed by atoms with E-state index in [0.717, 1.165) is 12.1 Å². The van der Waals surface area contributed by atoms with Gasteiger partial charge in [-0.2, -0.15) is 13.2 Å². The van der Waals surface area contributed by atoms with Crippen molar-refractivity contribution in [2.24, 2.45) is 5.16 Å². The third-order valence-electron chi connectivity index (χ3n) is 6.87. The molecule has 198 valence electrons. The van der Waals surface area contributed by atoms with Crippen LogP contribution >= 0.6 is 0 Å². The number of hydrogen-bond acceptors (Lipinski definition) is 5. The highest BCUT2D eigenvalue weighted by atomic mass is 19.4. The Kier molecular flexibility index (Phi) is 6.78. The second-order valence-electron chi connectivity index (χ2n) is 9.35. The molecule has 0 spiro atoms. The average Bonchev–Trinajstić information content (AvgIpc) is 3.46. The fourth-order valence-electron chi connectivity index (χ4n) is 4.64. The Bertz CT molecular complexity index is 1270. The number of oxime groups is 1. The number of alkyl halides is 3. The predicted molar refractivity (Wildman–Crippen MR) is 126 cm³/mol. The van der Waals surface area contributed by atoms with Crippen LogP contribution < -0.4 is 0 Å². The molecule has 0 aromatic heterocycles. The van der Waals surface area contributed by atoms with Crippen molar-refractivity contribution in [3.63, 3.8) is 0 Å². The molecule has 2 aliphatic rings. The molecule has 0 saturated carbocycles. The van der Waals surface area contributed by atoms with E-state index in [1.54, 1.807) is 19.9 Å². The lowest BCUT2D eigenvalue weighted by atomic mass is 9.84. The number of hydroxylamine groups is 2. The van der Waals surface area contributed by atoms with E-state index in [4.69, 9.17) is 9.68 Å². The summed E-state index contributed by atoms with van der Waals surface area (Å²) in [6, 6.07) is 6.03. The van der Waals surface area contributed by atoms with E-state index in [9.17, 15) is 27.2 Å². The van der Waals surface area contributed by atoms with Gasteiger partial charge >= 0.3 is 6.18 Å². The van der Waals surface area contributed by atoms with Crippen molar-refractivity contribution in [2.45, 2.75) is 51.9 Å². The van der Waals surface area contributed by atoms with E-state index < -0.39 is 36.0 Å². The number of nitrogens with zero attached hydrogens (tertiary/aromatic N) is 3. The van der Waals surface area contributed by atoms with Gasteiger partial charge in [0.15, 0.2) is 0 Å². The number of carbonyl (C=O) groups is 2. The van der Waals surface area contributed by atoms with Crippen molar-refractivity contribution in [1.29, 1.82) is 0 Å². The van der Waals surface area contributed by atoms with E-state index >= 15 is 0 Å². The molecule has 2 aliphatic heterocycles. The first-order chi connectivity index (χ1) is 17.3. The second-order valence-corrected chi connectivity index (χ2v) is 9.35. The molecule has 0 N–H and O–H groups in total. The molecule has 1 saturated heterocycles. The van der Waals surface area contributed by atoms with Crippen LogP contribution in [-0.4, -0.2) is 59.9 Å². The molecule has 7 nitrogen and oxygen atoms in total. The lowest BCUT2D eigenvalue weighted by Gasteiger charge is -2.30. The average molecular weight is 522 g/mol. The molecule has 2 aromatic rings. The van der Waals surface area contributed by atoms with Gasteiger partial charge in [-0.3, -0.25) is 14.4 Å². The SMILES string of the molecule is CCN1OCC(N(C)C(=O)c2ccc(C3=NOC(c4cc(C)c(F)c(C)c4)(C(F)(F)F)C3)cc2C)C1=O. The van der Waals surface area contributed by atoms with Crippen molar-refractivity contribution in [3.05, 3.63) is 69.5 Å². The van der Waals surface area contributed by atoms with E-state index in [2.05, 4.69) is 5.16 Å². The van der Waals surface area contributed by atoms with E-state index in [-0.39, 0.29) is 34.9 Å². The molecule has 11 heteroatoms. The zero-order valence-corrected chi connectivity index (χ0v) is 21.1. The van der Waals surface area contributed by atoms with Crippen LogP contribution in [0.25, 0.3) is 0 Å². The van der Waals surface area contributed by atoms with E-state index in [1.165, 1.54) is 43.0 Å². The Labute approximate surface area is 211 Å². The number of halogens is 4. The van der Waals surface area contributed by atoms with Crippen LogP contribution in [0, 0.1) is 26.6 Å². The summed E-state index contributed by atoms with van der Waals surface area (Å²) in [6.07, 6.45) is -5.45. The molecule has 4 rings (SSSR count). The summed E-state index contributed by atoms with van der Waals surface area (Å²) in [5.41, 5.74) is -1.65. The van der Waals surface area contributed by atoms with Crippen molar-refractivity contribution < 1.29 is 36.8 Å². The van der Waals surface area contributed by atoms with Gasteiger partial charge in [0.25, 0.3) is 17.4 Å². The Morgan fingerprint density at radius 1 is 1.16 bits per heavy atom. The number of carbonyl (C=O) groups excluding carboxylic acids is 2. The minimum atomic E-state index is -4.83. The lowest BCUT2D eigenvalue weighted by Crippen LogP contribution is -2.44. The van der Waals surface area contributed by atoms with Crippen LogP contribution in [0.5, 0.6) is 0 Å². The van der Waals surface area contributed by atoms with E-state index in [1.807, 2.05) is 0 Å². The van der Waals surface area contributed by atoms with Gasteiger partial charge in [-0.05, 0) is 74.2 Å². The number of likely N-dealkylation sites (N-methyl/N-ethyl adjacent to an activating group) is 2. The van der Waals surface area contributed by atoms with Crippen molar-refractivity contribution in [1.82, 2.24) is 9.96 Å².